The maximum Gasteiger partial charge on any atom is 0.277 e. The van der Waals surface area contributed by atoms with Gasteiger partial charge in [-0.15, -0.1) is 0 Å². The molecule has 1 N–H and O–H groups in total. The summed E-state index contributed by atoms with van der Waals surface area (Å²) in [5.74, 6) is 0.500. The number of carbonyl (C=O) groups excluding carboxylic acids is 2. The van der Waals surface area contributed by atoms with Crippen molar-refractivity contribution in [3.05, 3.63) is 33.4 Å². The van der Waals surface area contributed by atoms with Crippen LogP contribution in [0.15, 0.2) is 10.9 Å². The van der Waals surface area contributed by atoms with E-state index in [2.05, 4.69) is 5.10 Å². The Hall–Kier alpha value is -2.64. The lowest BCUT2D eigenvalue weighted by molar-refractivity contribution is -0.135. The molecule has 0 aromatic carbocycles. The zero-order valence-corrected chi connectivity index (χ0v) is 17.5. The number of H-pyrrole nitrogens is 1. The largest absolute Gasteiger partial charge is 0.337 e. The summed E-state index contributed by atoms with van der Waals surface area (Å²) in [4.78, 5) is 46.8. The first kappa shape index (κ1) is 19.3. The van der Waals surface area contributed by atoms with Crippen molar-refractivity contribution in [2.75, 3.05) is 13.1 Å². The fourth-order valence-electron chi connectivity index (χ4n) is 4.86. The highest BCUT2D eigenvalue weighted by molar-refractivity contribution is 5.81. The molecule has 0 bridgehead atoms. The van der Waals surface area contributed by atoms with Gasteiger partial charge in [-0.1, -0.05) is 6.92 Å². The van der Waals surface area contributed by atoms with Crippen LogP contribution in [-0.4, -0.2) is 49.3 Å². The summed E-state index contributed by atoms with van der Waals surface area (Å²) >= 11 is 0. The van der Waals surface area contributed by atoms with Crippen molar-refractivity contribution in [2.24, 2.45) is 5.92 Å². The van der Waals surface area contributed by atoms with E-state index in [0.717, 1.165) is 56.5 Å². The minimum Gasteiger partial charge on any atom is -0.337 e. The second kappa shape index (κ2) is 7.56. The minimum atomic E-state index is -0.128. The number of nitrogens with zero attached hydrogens (tertiary/aromatic N) is 4. The molecule has 1 saturated carbocycles. The second-order valence-electron chi connectivity index (χ2n) is 8.88. The van der Waals surface area contributed by atoms with Crippen LogP contribution in [0.2, 0.25) is 0 Å². The SMILES string of the molecule is CCCC(=O)N1CCCCC1c1cc2nc3c(c(=O)n2[nH]1)CN(C(=O)C1CC1)CC3. The summed E-state index contributed by atoms with van der Waals surface area (Å²) < 4.78 is 1.50. The smallest absolute Gasteiger partial charge is 0.277 e. The molecule has 0 radical (unpaired) electrons. The molecule has 2 amide bonds. The quantitative estimate of drug-likeness (QED) is 0.835. The second-order valence-corrected chi connectivity index (χ2v) is 8.88. The molecule has 0 spiro atoms. The van der Waals surface area contributed by atoms with E-state index >= 15 is 0 Å². The van der Waals surface area contributed by atoms with Crippen LogP contribution in [0.1, 0.15) is 74.9 Å². The maximum atomic E-state index is 13.2. The fraction of sp³-hybridized carbons (Fsp3) is 0.636. The maximum absolute atomic E-state index is 13.2. The summed E-state index contributed by atoms with van der Waals surface area (Å²) in [7, 11) is 0. The summed E-state index contributed by atoms with van der Waals surface area (Å²) in [6, 6.07) is 1.88. The highest BCUT2D eigenvalue weighted by Gasteiger charge is 2.36. The number of rotatable bonds is 4. The zero-order valence-electron chi connectivity index (χ0n) is 17.5. The van der Waals surface area contributed by atoms with Crippen molar-refractivity contribution in [1.82, 2.24) is 24.4 Å². The van der Waals surface area contributed by atoms with Crippen LogP contribution in [0, 0.1) is 5.92 Å². The Kier molecular flexibility index (Phi) is 4.87. The molecule has 160 valence electrons. The van der Waals surface area contributed by atoms with Gasteiger partial charge in [0.05, 0.1) is 29.5 Å². The summed E-state index contributed by atoms with van der Waals surface area (Å²) in [5, 5.41) is 3.23. The van der Waals surface area contributed by atoms with Crippen LogP contribution < -0.4 is 5.56 Å². The van der Waals surface area contributed by atoms with Gasteiger partial charge < -0.3 is 9.80 Å². The third-order valence-electron chi connectivity index (χ3n) is 6.67. The third kappa shape index (κ3) is 3.32. The van der Waals surface area contributed by atoms with Crippen molar-refractivity contribution in [3.8, 4) is 0 Å². The lowest BCUT2D eigenvalue weighted by atomic mass is 9.98. The molecule has 5 rings (SSSR count). The lowest BCUT2D eigenvalue weighted by Gasteiger charge is -2.35. The van der Waals surface area contributed by atoms with Crippen LogP contribution in [-0.2, 0) is 22.6 Å². The number of carbonyl (C=O) groups is 2. The summed E-state index contributed by atoms with van der Waals surface area (Å²) in [6.45, 7) is 3.75. The van der Waals surface area contributed by atoms with Gasteiger partial charge in [-0.25, -0.2) is 9.50 Å². The van der Waals surface area contributed by atoms with Crippen molar-refractivity contribution < 1.29 is 9.59 Å². The van der Waals surface area contributed by atoms with Crippen LogP contribution in [0.25, 0.3) is 5.65 Å². The van der Waals surface area contributed by atoms with E-state index in [9.17, 15) is 14.4 Å². The van der Waals surface area contributed by atoms with Crippen molar-refractivity contribution >= 4 is 17.5 Å². The Morgan fingerprint density at radius 3 is 2.80 bits per heavy atom. The number of aromatic nitrogens is 3. The number of piperidine rings is 1. The zero-order chi connectivity index (χ0) is 20.8. The van der Waals surface area contributed by atoms with Gasteiger partial charge in [0.15, 0.2) is 5.65 Å². The van der Waals surface area contributed by atoms with Crippen LogP contribution in [0.3, 0.4) is 0 Å². The first-order chi connectivity index (χ1) is 14.6. The predicted octanol–water partition coefficient (Wildman–Crippen LogP) is 2.17. The Labute approximate surface area is 175 Å². The van der Waals surface area contributed by atoms with E-state index in [1.807, 2.05) is 22.8 Å². The average molecular weight is 412 g/mol. The van der Waals surface area contributed by atoms with Crippen LogP contribution in [0.5, 0.6) is 0 Å². The molecular weight excluding hydrogens is 382 g/mol. The van der Waals surface area contributed by atoms with Crippen molar-refractivity contribution in [3.63, 3.8) is 0 Å². The molecule has 8 heteroatoms. The Morgan fingerprint density at radius 1 is 1.20 bits per heavy atom. The number of hydrogen-bond acceptors (Lipinski definition) is 4. The molecule has 2 aromatic heterocycles. The first-order valence-electron chi connectivity index (χ1n) is 11.3. The molecule has 2 fully saturated rings. The number of amides is 2. The topological polar surface area (TPSA) is 90.8 Å². The molecule has 1 aliphatic carbocycles. The van der Waals surface area contributed by atoms with Gasteiger partial charge >= 0.3 is 0 Å². The normalized spacial score (nSPS) is 21.7. The van der Waals surface area contributed by atoms with Crippen molar-refractivity contribution in [2.45, 2.75) is 70.9 Å². The first-order valence-corrected chi connectivity index (χ1v) is 11.3. The Morgan fingerprint density at radius 2 is 2.03 bits per heavy atom. The Bertz CT molecular complexity index is 1050. The molecule has 3 aliphatic rings. The number of fused-ring (bicyclic) bond motifs is 2. The molecule has 30 heavy (non-hydrogen) atoms. The van der Waals surface area contributed by atoms with E-state index in [4.69, 9.17) is 4.98 Å². The summed E-state index contributed by atoms with van der Waals surface area (Å²) in [5.41, 5.74) is 2.76. The number of likely N-dealkylation sites (tertiary alicyclic amines) is 1. The third-order valence-corrected chi connectivity index (χ3v) is 6.67. The monoisotopic (exact) mass is 411 g/mol. The van der Waals surface area contributed by atoms with Gasteiger partial charge in [0.2, 0.25) is 11.8 Å². The molecule has 2 aliphatic heterocycles. The van der Waals surface area contributed by atoms with E-state index in [0.29, 0.717) is 37.1 Å². The molecule has 2 aromatic rings. The van der Waals surface area contributed by atoms with Crippen LogP contribution >= 0.6 is 0 Å². The van der Waals surface area contributed by atoms with Gasteiger partial charge in [-0.3, -0.25) is 19.5 Å². The highest BCUT2D eigenvalue weighted by atomic mass is 16.2. The van der Waals surface area contributed by atoms with E-state index < -0.39 is 0 Å². The van der Waals surface area contributed by atoms with E-state index in [-0.39, 0.29) is 29.3 Å². The standard InChI is InChI=1S/C22H29N5O3/c1-2-5-20(28)26-10-4-3-6-18(26)17-12-19-23-16-9-11-25(21(29)14-7-8-14)13-15(16)22(30)27(19)24-17/h12,14,18,24H,2-11,13H2,1H3. The fourth-order valence-corrected chi connectivity index (χ4v) is 4.86. The van der Waals surface area contributed by atoms with Gasteiger partial charge in [-0.05, 0) is 38.5 Å². The Balaban J connectivity index is 1.47. The number of aromatic amines is 1. The molecule has 1 atom stereocenters. The highest BCUT2D eigenvalue weighted by Crippen LogP contribution is 2.33. The van der Waals surface area contributed by atoms with E-state index in [1.54, 1.807) is 0 Å². The lowest BCUT2D eigenvalue weighted by Crippen LogP contribution is -2.41. The van der Waals surface area contributed by atoms with Gasteiger partial charge in [0.1, 0.15) is 0 Å². The van der Waals surface area contributed by atoms with Crippen LogP contribution in [0.4, 0.5) is 0 Å². The summed E-state index contributed by atoms with van der Waals surface area (Å²) in [6.07, 6.45) is 6.90. The molecule has 1 unspecified atom stereocenters. The predicted molar refractivity (Wildman–Crippen MR) is 111 cm³/mol. The number of hydrogen-bond donors (Lipinski definition) is 1. The van der Waals surface area contributed by atoms with Gasteiger partial charge in [0.25, 0.3) is 5.56 Å². The minimum absolute atomic E-state index is 0.0381. The average Bonchev–Trinajstić information content (AvgIpc) is 3.52. The van der Waals surface area contributed by atoms with Gasteiger partial charge in [0, 0.05) is 37.9 Å². The van der Waals surface area contributed by atoms with Crippen molar-refractivity contribution in [1.29, 1.82) is 0 Å². The number of nitrogens with one attached hydrogen (secondary N) is 1. The molecule has 8 nitrogen and oxygen atoms in total. The molecule has 4 heterocycles. The molecule has 1 saturated heterocycles. The molecular formula is C22H29N5O3. The van der Waals surface area contributed by atoms with E-state index in [1.165, 1.54) is 4.52 Å². The van der Waals surface area contributed by atoms with Gasteiger partial charge in [-0.2, -0.15) is 0 Å².